The molecule has 1 unspecified atom stereocenters. The summed E-state index contributed by atoms with van der Waals surface area (Å²) in [6, 6.07) is 6.17. The van der Waals surface area contributed by atoms with E-state index in [2.05, 4.69) is 41.1 Å². The summed E-state index contributed by atoms with van der Waals surface area (Å²) in [6.07, 6.45) is 5.48. The molecule has 0 aliphatic heterocycles. The summed E-state index contributed by atoms with van der Waals surface area (Å²) in [5, 5.41) is 1.21. The van der Waals surface area contributed by atoms with Gasteiger partial charge in [-0.2, -0.15) is 0 Å². The number of furan rings is 1. The summed E-state index contributed by atoms with van der Waals surface area (Å²) in [5.74, 6) is 1.63. The Bertz CT molecular complexity index is 551. The van der Waals surface area contributed by atoms with E-state index in [4.69, 9.17) is 4.42 Å². The van der Waals surface area contributed by atoms with Crippen LogP contribution in [0.2, 0.25) is 0 Å². The Kier molecular flexibility index (Phi) is 1.99. The number of rotatable bonds is 0. The van der Waals surface area contributed by atoms with Crippen LogP contribution in [-0.2, 0) is 0 Å². The summed E-state index contributed by atoms with van der Waals surface area (Å²) in [7, 11) is 0. The third-order valence-electron chi connectivity index (χ3n) is 2.94. The summed E-state index contributed by atoms with van der Waals surface area (Å²) >= 11 is 3.49. The molecule has 0 saturated heterocycles. The molecule has 1 aromatic heterocycles. The zero-order valence-corrected chi connectivity index (χ0v) is 10.0. The van der Waals surface area contributed by atoms with Crippen molar-refractivity contribution in [1.29, 1.82) is 0 Å². The van der Waals surface area contributed by atoms with E-state index in [0.717, 1.165) is 22.2 Å². The number of hydrogen-bond acceptors (Lipinski definition) is 1. The molecule has 15 heavy (non-hydrogen) atoms. The van der Waals surface area contributed by atoms with Gasteiger partial charge in [0.1, 0.15) is 11.3 Å². The Balaban J connectivity index is 2.37. The van der Waals surface area contributed by atoms with Crippen molar-refractivity contribution in [2.24, 2.45) is 0 Å². The average molecular weight is 263 g/mol. The van der Waals surface area contributed by atoms with Crippen LogP contribution >= 0.6 is 15.9 Å². The molecule has 1 atom stereocenters. The van der Waals surface area contributed by atoms with Crippen molar-refractivity contribution < 1.29 is 4.42 Å². The molecule has 1 aromatic carbocycles. The lowest BCUT2D eigenvalue weighted by molar-refractivity contribution is 0.504. The van der Waals surface area contributed by atoms with Crippen LogP contribution in [-0.4, -0.2) is 0 Å². The predicted molar refractivity (Wildman–Crippen MR) is 66.0 cm³/mol. The Morgan fingerprint density at radius 1 is 1.40 bits per heavy atom. The smallest absolute Gasteiger partial charge is 0.135 e. The van der Waals surface area contributed by atoms with E-state index in [1.165, 1.54) is 10.9 Å². The first-order chi connectivity index (χ1) is 7.25. The van der Waals surface area contributed by atoms with E-state index in [0.29, 0.717) is 5.92 Å². The fourth-order valence-electron chi connectivity index (χ4n) is 2.14. The summed E-state index contributed by atoms with van der Waals surface area (Å²) < 4.78 is 6.99. The molecule has 0 spiro atoms. The predicted octanol–water partition coefficient (Wildman–Crippen LogP) is 4.72. The van der Waals surface area contributed by atoms with Gasteiger partial charge in [-0.15, -0.1) is 0 Å². The SMILES string of the molecule is CC1CC=Cc2c1oc1ccc(Br)cc21. The van der Waals surface area contributed by atoms with Gasteiger partial charge in [0.25, 0.3) is 0 Å². The Morgan fingerprint density at radius 3 is 3.13 bits per heavy atom. The molecule has 1 aliphatic rings. The van der Waals surface area contributed by atoms with Crippen molar-refractivity contribution in [1.82, 2.24) is 0 Å². The summed E-state index contributed by atoms with van der Waals surface area (Å²) in [6.45, 7) is 2.21. The molecule has 0 fully saturated rings. The van der Waals surface area contributed by atoms with E-state index in [1.807, 2.05) is 12.1 Å². The monoisotopic (exact) mass is 262 g/mol. The molecular formula is C13H11BrO. The van der Waals surface area contributed by atoms with Crippen LogP contribution in [0, 0.1) is 0 Å². The second-order valence-electron chi connectivity index (χ2n) is 4.06. The molecule has 0 amide bonds. The van der Waals surface area contributed by atoms with Gasteiger partial charge in [0.15, 0.2) is 0 Å². The maximum atomic E-state index is 5.89. The normalized spacial score (nSPS) is 19.5. The van der Waals surface area contributed by atoms with Crippen molar-refractivity contribution in [3.63, 3.8) is 0 Å². The van der Waals surface area contributed by atoms with Gasteiger partial charge < -0.3 is 4.42 Å². The highest BCUT2D eigenvalue weighted by Gasteiger charge is 2.19. The van der Waals surface area contributed by atoms with Crippen LogP contribution in [0.3, 0.4) is 0 Å². The molecule has 3 rings (SSSR count). The molecule has 0 radical (unpaired) electrons. The molecule has 2 heteroatoms. The van der Waals surface area contributed by atoms with Gasteiger partial charge in [0.05, 0.1) is 0 Å². The third-order valence-corrected chi connectivity index (χ3v) is 3.43. The third kappa shape index (κ3) is 1.36. The van der Waals surface area contributed by atoms with Gasteiger partial charge in [0, 0.05) is 21.3 Å². The average Bonchev–Trinajstić information content (AvgIpc) is 2.58. The lowest BCUT2D eigenvalue weighted by atomic mass is 9.94. The Labute approximate surface area is 96.9 Å². The van der Waals surface area contributed by atoms with Crippen molar-refractivity contribution in [3.05, 3.63) is 40.1 Å². The minimum absolute atomic E-state index is 0.496. The largest absolute Gasteiger partial charge is 0.460 e. The lowest BCUT2D eigenvalue weighted by Crippen LogP contribution is -1.95. The summed E-state index contributed by atoms with van der Waals surface area (Å²) in [5.41, 5.74) is 2.24. The molecular weight excluding hydrogens is 252 g/mol. The van der Waals surface area contributed by atoms with Crippen LogP contribution in [0.1, 0.15) is 30.6 Å². The zero-order valence-electron chi connectivity index (χ0n) is 8.46. The molecule has 0 bridgehead atoms. The number of benzene rings is 1. The fraction of sp³-hybridized carbons (Fsp3) is 0.231. The highest BCUT2D eigenvalue weighted by molar-refractivity contribution is 9.10. The maximum Gasteiger partial charge on any atom is 0.135 e. The van der Waals surface area contributed by atoms with Gasteiger partial charge in [-0.1, -0.05) is 35.0 Å². The van der Waals surface area contributed by atoms with Gasteiger partial charge >= 0.3 is 0 Å². The number of hydrogen-bond donors (Lipinski definition) is 0. The summed E-state index contributed by atoms with van der Waals surface area (Å²) in [4.78, 5) is 0. The van der Waals surface area contributed by atoms with E-state index < -0.39 is 0 Å². The number of halogens is 1. The van der Waals surface area contributed by atoms with Crippen molar-refractivity contribution in [3.8, 4) is 0 Å². The van der Waals surface area contributed by atoms with Crippen LogP contribution in [0.15, 0.2) is 33.2 Å². The van der Waals surface area contributed by atoms with E-state index in [-0.39, 0.29) is 0 Å². The topological polar surface area (TPSA) is 13.1 Å². The molecule has 1 nitrogen and oxygen atoms in total. The molecule has 0 N–H and O–H groups in total. The van der Waals surface area contributed by atoms with Crippen molar-refractivity contribution in [2.45, 2.75) is 19.3 Å². The first-order valence-electron chi connectivity index (χ1n) is 5.14. The van der Waals surface area contributed by atoms with Crippen LogP contribution < -0.4 is 0 Å². The van der Waals surface area contributed by atoms with Gasteiger partial charge in [-0.05, 0) is 24.6 Å². The van der Waals surface area contributed by atoms with Crippen LogP contribution in [0.4, 0.5) is 0 Å². The Morgan fingerprint density at radius 2 is 2.27 bits per heavy atom. The maximum absolute atomic E-state index is 5.89. The second kappa shape index (κ2) is 3.24. The minimum atomic E-state index is 0.496. The first kappa shape index (κ1) is 9.22. The quantitative estimate of drug-likeness (QED) is 0.670. The van der Waals surface area contributed by atoms with Gasteiger partial charge in [-0.25, -0.2) is 0 Å². The van der Waals surface area contributed by atoms with Crippen molar-refractivity contribution >= 4 is 33.0 Å². The van der Waals surface area contributed by atoms with Crippen molar-refractivity contribution in [2.75, 3.05) is 0 Å². The minimum Gasteiger partial charge on any atom is -0.460 e. The van der Waals surface area contributed by atoms with Gasteiger partial charge in [0.2, 0.25) is 0 Å². The molecule has 2 aromatic rings. The molecule has 1 aliphatic carbocycles. The number of allylic oxidation sites excluding steroid dienone is 1. The van der Waals surface area contributed by atoms with Gasteiger partial charge in [-0.3, -0.25) is 0 Å². The standard InChI is InChI=1S/C13H11BrO/c1-8-3-2-4-10-11-7-9(14)5-6-12(11)15-13(8)10/h2,4-8H,3H2,1H3. The molecule has 76 valence electrons. The molecule has 0 saturated carbocycles. The molecule has 1 heterocycles. The zero-order chi connectivity index (χ0) is 10.4. The Hall–Kier alpha value is -1.02. The number of fused-ring (bicyclic) bond motifs is 3. The van der Waals surface area contributed by atoms with E-state index in [9.17, 15) is 0 Å². The fourth-order valence-corrected chi connectivity index (χ4v) is 2.50. The second-order valence-corrected chi connectivity index (χ2v) is 4.98. The van der Waals surface area contributed by atoms with E-state index in [1.54, 1.807) is 0 Å². The van der Waals surface area contributed by atoms with Crippen LogP contribution in [0.5, 0.6) is 0 Å². The highest BCUT2D eigenvalue weighted by Crippen LogP contribution is 2.37. The lowest BCUT2D eigenvalue weighted by Gasteiger charge is -2.10. The first-order valence-corrected chi connectivity index (χ1v) is 5.93. The van der Waals surface area contributed by atoms with E-state index >= 15 is 0 Å². The highest BCUT2D eigenvalue weighted by atomic mass is 79.9. The van der Waals surface area contributed by atoms with Crippen LogP contribution in [0.25, 0.3) is 17.0 Å².